The second kappa shape index (κ2) is 7.34. The number of anilines is 1. The molecular formula is C14H23FN2O. The third kappa shape index (κ3) is 4.27. The highest BCUT2D eigenvalue weighted by molar-refractivity contribution is 5.54. The summed E-state index contributed by atoms with van der Waals surface area (Å²) in [5.41, 5.74) is 7.36. The van der Waals surface area contributed by atoms with Gasteiger partial charge in [0.05, 0.1) is 6.61 Å². The lowest BCUT2D eigenvalue weighted by molar-refractivity contribution is 0.154. The van der Waals surface area contributed by atoms with E-state index in [1.807, 2.05) is 31.9 Å². The summed E-state index contributed by atoms with van der Waals surface area (Å²) in [6, 6.07) is 5.08. The van der Waals surface area contributed by atoms with Crippen LogP contribution >= 0.6 is 0 Å². The normalized spacial score (nSPS) is 12.5. The molecule has 1 aromatic carbocycles. The van der Waals surface area contributed by atoms with Gasteiger partial charge in [-0.2, -0.15) is 0 Å². The van der Waals surface area contributed by atoms with Crippen molar-refractivity contribution in [1.29, 1.82) is 0 Å². The van der Waals surface area contributed by atoms with Gasteiger partial charge in [0, 0.05) is 37.5 Å². The standard InChI is InChI=1S/C14H23FN2O/c1-4-18-9-8-17(3)14-7-5-6-13(15)12(14)10-11(2)16/h5-7,11H,4,8-10,16H2,1-3H3. The molecule has 1 rings (SSSR count). The Morgan fingerprint density at radius 3 is 2.78 bits per heavy atom. The van der Waals surface area contributed by atoms with E-state index in [1.54, 1.807) is 6.07 Å². The molecule has 0 aliphatic rings. The molecule has 1 atom stereocenters. The smallest absolute Gasteiger partial charge is 0.128 e. The lowest BCUT2D eigenvalue weighted by atomic mass is 10.0. The van der Waals surface area contributed by atoms with Gasteiger partial charge in [0.2, 0.25) is 0 Å². The van der Waals surface area contributed by atoms with Crippen LogP contribution in [0.15, 0.2) is 18.2 Å². The van der Waals surface area contributed by atoms with E-state index < -0.39 is 0 Å². The number of nitrogens with two attached hydrogens (primary N) is 1. The van der Waals surface area contributed by atoms with Crippen molar-refractivity contribution in [2.75, 3.05) is 31.7 Å². The monoisotopic (exact) mass is 254 g/mol. The van der Waals surface area contributed by atoms with Crippen molar-refractivity contribution in [3.63, 3.8) is 0 Å². The SMILES string of the molecule is CCOCCN(C)c1cccc(F)c1CC(C)N. The Morgan fingerprint density at radius 2 is 2.17 bits per heavy atom. The van der Waals surface area contributed by atoms with Gasteiger partial charge in [0.15, 0.2) is 0 Å². The Balaban J connectivity index is 2.82. The number of nitrogens with zero attached hydrogens (tertiary/aromatic N) is 1. The van der Waals surface area contributed by atoms with Crippen LogP contribution in [-0.2, 0) is 11.2 Å². The van der Waals surface area contributed by atoms with E-state index in [1.165, 1.54) is 6.07 Å². The van der Waals surface area contributed by atoms with Crippen LogP contribution < -0.4 is 10.6 Å². The maximum Gasteiger partial charge on any atom is 0.128 e. The summed E-state index contributed by atoms with van der Waals surface area (Å²) in [4.78, 5) is 2.01. The molecule has 1 unspecified atom stereocenters. The summed E-state index contributed by atoms with van der Waals surface area (Å²) in [6.45, 7) is 5.92. The highest BCUT2D eigenvalue weighted by atomic mass is 19.1. The van der Waals surface area contributed by atoms with Crippen LogP contribution in [-0.4, -0.2) is 32.8 Å². The minimum absolute atomic E-state index is 0.0547. The van der Waals surface area contributed by atoms with E-state index >= 15 is 0 Å². The van der Waals surface area contributed by atoms with Gasteiger partial charge in [0.1, 0.15) is 5.82 Å². The molecule has 0 aliphatic carbocycles. The van der Waals surface area contributed by atoms with Gasteiger partial charge in [-0.1, -0.05) is 6.07 Å². The largest absolute Gasteiger partial charge is 0.380 e. The Labute approximate surface area is 109 Å². The van der Waals surface area contributed by atoms with Crippen LogP contribution in [0.3, 0.4) is 0 Å². The van der Waals surface area contributed by atoms with Gasteiger partial charge in [-0.05, 0) is 32.4 Å². The van der Waals surface area contributed by atoms with E-state index in [2.05, 4.69) is 0 Å². The molecule has 0 amide bonds. The first kappa shape index (κ1) is 14.9. The number of benzene rings is 1. The zero-order chi connectivity index (χ0) is 13.5. The second-order valence-electron chi connectivity index (χ2n) is 4.54. The van der Waals surface area contributed by atoms with E-state index in [9.17, 15) is 4.39 Å². The topological polar surface area (TPSA) is 38.5 Å². The minimum Gasteiger partial charge on any atom is -0.380 e. The second-order valence-corrected chi connectivity index (χ2v) is 4.54. The van der Waals surface area contributed by atoms with Gasteiger partial charge in [-0.3, -0.25) is 0 Å². The Kier molecular flexibility index (Phi) is 6.09. The molecule has 1 aromatic rings. The maximum absolute atomic E-state index is 13.8. The van der Waals surface area contributed by atoms with Gasteiger partial charge in [0.25, 0.3) is 0 Å². The number of hydrogen-bond donors (Lipinski definition) is 1. The molecule has 0 aromatic heterocycles. The molecule has 0 radical (unpaired) electrons. The number of rotatable bonds is 7. The predicted octanol–water partition coefficient (Wildman–Crippen LogP) is 2.19. The molecule has 4 heteroatoms. The molecule has 0 heterocycles. The van der Waals surface area contributed by atoms with Crippen LogP contribution in [0.25, 0.3) is 0 Å². The maximum atomic E-state index is 13.8. The van der Waals surface area contributed by atoms with E-state index in [4.69, 9.17) is 10.5 Å². The van der Waals surface area contributed by atoms with Crippen molar-refractivity contribution in [2.45, 2.75) is 26.3 Å². The predicted molar refractivity (Wildman–Crippen MR) is 73.5 cm³/mol. The molecule has 0 bridgehead atoms. The first-order valence-corrected chi connectivity index (χ1v) is 6.38. The molecule has 18 heavy (non-hydrogen) atoms. The number of halogens is 1. The number of ether oxygens (including phenoxy) is 1. The average molecular weight is 254 g/mol. The summed E-state index contributed by atoms with van der Waals surface area (Å²) in [5, 5.41) is 0. The molecular weight excluding hydrogens is 231 g/mol. The Hall–Kier alpha value is -1.13. The van der Waals surface area contributed by atoms with Gasteiger partial charge in [-0.15, -0.1) is 0 Å². The van der Waals surface area contributed by atoms with Crippen LogP contribution in [0, 0.1) is 5.82 Å². The molecule has 0 spiro atoms. The summed E-state index contributed by atoms with van der Waals surface area (Å²) < 4.78 is 19.2. The van der Waals surface area contributed by atoms with Crippen molar-refractivity contribution in [3.8, 4) is 0 Å². The first-order chi connectivity index (χ1) is 8.56. The van der Waals surface area contributed by atoms with Crippen molar-refractivity contribution < 1.29 is 9.13 Å². The third-order valence-electron chi connectivity index (χ3n) is 2.81. The molecule has 0 fully saturated rings. The van der Waals surface area contributed by atoms with Crippen LogP contribution in [0.4, 0.5) is 10.1 Å². The number of likely N-dealkylation sites (N-methyl/N-ethyl adjacent to an activating group) is 1. The Bertz CT molecular complexity index is 369. The summed E-state index contributed by atoms with van der Waals surface area (Å²) in [6.07, 6.45) is 0.543. The summed E-state index contributed by atoms with van der Waals surface area (Å²) in [7, 11) is 1.94. The van der Waals surface area contributed by atoms with E-state index in [0.717, 1.165) is 12.2 Å². The average Bonchev–Trinajstić information content (AvgIpc) is 2.31. The fourth-order valence-corrected chi connectivity index (χ4v) is 1.90. The highest BCUT2D eigenvalue weighted by Gasteiger charge is 2.13. The molecule has 102 valence electrons. The van der Waals surface area contributed by atoms with E-state index in [-0.39, 0.29) is 11.9 Å². The minimum atomic E-state index is -0.187. The first-order valence-electron chi connectivity index (χ1n) is 6.38. The number of hydrogen-bond acceptors (Lipinski definition) is 3. The van der Waals surface area contributed by atoms with Crippen molar-refractivity contribution in [2.24, 2.45) is 5.73 Å². The Morgan fingerprint density at radius 1 is 1.44 bits per heavy atom. The van der Waals surface area contributed by atoms with Gasteiger partial charge >= 0.3 is 0 Å². The molecule has 0 saturated carbocycles. The lowest BCUT2D eigenvalue weighted by Crippen LogP contribution is -2.26. The molecule has 0 aliphatic heterocycles. The molecule has 2 N–H and O–H groups in total. The van der Waals surface area contributed by atoms with Crippen LogP contribution in [0.2, 0.25) is 0 Å². The fraction of sp³-hybridized carbons (Fsp3) is 0.571. The molecule has 0 saturated heterocycles. The zero-order valence-electron chi connectivity index (χ0n) is 11.4. The zero-order valence-corrected chi connectivity index (χ0v) is 11.4. The molecule has 3 nitrogen and oxygen atoms in total. The fourth-order valence-electron chi connectivity index (χ4n) is 1.90. The van der Waals surface area contributed by atoms with Crippen LogP contribution in [0.5, 0.6) is 0 Å². The van der Waals surface area contributed by atoms with Crippen molar-refractivity contribution in [1.82, 2.24) is 0 Å². The quantitative estimate of drug-likeness (QED) is 0.758. The van der Waals surface area contributed by atoms with E-state index in [0.29, 0.717) is 25.2 Å². The van der Waals surface area contributed by atoms with Gasteiger partial charge < -0.3 is 15.4 Å². The van der Waals surface area contributed by atoms with Crippen molar-refractivity contribution >= 4 is 5.69 Å². The van der Waals surface area contributed by atoms with Crippen LogP contribution in [0.1, 0.15) is 19.4 Å². The summed E-state index contributed by atoms with van der Waals surface area (Å²) >= 11 is 0. The van der Waals surface area contributed by atoms with Gasteiger partial charge in [-0.25, -0.2) is 4.39 Å². The lowest BCUT2D eigenvalue weighted by Gasteiger charge is -2.23. The highest BCUT2D eigenvalue weighted by Crippen LogP contribution is 2.23. The van der Waals surface area contributed by atoms with Crippen molar-refractivity contribution in [3.05, 3.63) is 29.6 Å². The summed E-state index contributed by atoms with van der Waals surface area (Å²) in [5.74, 6) is -0.187. The third-order valence-corrected chi connectivity index (χ3v) is 2.81.